The smallest absolute Gasteiger partial charge is 0.416 e. The monoisotopic (exact) mass is 405 g/mol. The molecule has 29 heavy (non-hydrogen) atoms. The lowest BCUT2D eigenvalue weighted by molar-refractivity contribution is -0.534. The first-order valence-electron chi connectivity index (χ1n) is 9.78. The van der Waals surface area contributed by atoms with Gasteiger partial charge in [-0.2, -0.15) is 18.1 Å². The van der Waals surface area contributed by atoms with Crippen molar-refractivity contribution in [2.24, 2.45) is 0 Å². The first kappa shape index (κ1) is 19.8. The average molecular weight is 405 g/mol. The Balaban J connectivity index is 1.83. The molecule has 0 aliphatic carbocycles. The van der Waals surface area contributed by atoms with Gasteiger partial charge in [-0.1, -0.05) is 6.07 Å². The molecule has 0 amide bonds. The van der Waals surface area contributed by atoms with Crippen LogP contribution in [0, 0.1) is 0 Å². The van der Waals surface area contributed by atoms with Gasteiger partial charge in [0.2, 0.25) is 0 Å². The van der Waals surface area contributed by atoms with Gasteiger partial charge in [0.25, 0.3) is 11.6 Å². The zero-order valence-electron chi connectivity index (χ0n) is 16.2. The van der Waals surface area contributed by atoms with Crippen LogP contribution in [0.4, 0.5) is 18.9 Å². The van der Waals surface area contributed by atoms with E-state index in [9.17, 15) is 18.3 Å². The van der Waals surface area contributed by atoms with E-state index in [4.69, 9.17) is 4.74 Å². The first-order valence-corrected chi connectivity index (χ1v) is 9.78. The molecule has 2 aliphatic rings. The molecule has 4 nitrogen and oxygen atoms in total. The predicted molar refractivity (Wildman–Crippen MR) is 104 cm³/mol. The fraction of sp³-hybridized carbons (Fsp3) is 0.409. The molecule has 0 saturated carbocycles. The largest absolute Gasteiger partial charge is 0.497 e. The molecule has 0 unspecified atom stereocenters. The van der Waals surface area contributed by atoms with E-state index in [1.165, 1.54) is 6.07 Å². The molecule has 0 radical (unpaired) electrons. The number of amidine groups is 1. The molecule has 1 atom stereocenters. The molecule has 0 bridgehead atoms. The molecule has 154 valence electrons. The zero-order valence-corrected chi connectivity index (χ0v) is 16.2. The average Bonchev–Trinajstić information content (AvgIpc) is 2.83. The summed E-state index contributed by atoms with van der Waals surface area (Å²) < 4.78 is 47.3. The minimum absolute atomic E-state index is 0.310. The molecular formula is C22H24F3N2O2+. The van der Waals surface area contributed by atoms with Gasteiger partial charge in [0.15, 0.2) is 6.54 Å². The van der Waals surface area contributed by atoms with Crippen LogP contribution in [0.15, 0.2) is 48.5 Å². The molecule has 4 rings (SSSR count). The van der Waals surface area contributed by atoms with E-state index in [1.807, 2.05) is 0 Å². The molecule has 2 heterocycles. The van der Waals surface area contributed by atoms with Crippen LogP contribution in [0.1, 0.15) is 36.8 Å². The molecule has 2 aromatic carbocycles. The molecule has 2 aliphatic heterocycles. The molecule has 0 saturated heterocycles. The third-order valence-corrected chi connectivity index (χ3v) is 5.72. The number of benzene rings is 2. The van der Waals surface area contributed by atoms with Gasteiger partial charge in [-0.15, -0.1) is 0 Å². The second kappa shape index (κ2) is 7.37. The zero-order chi connectivity index (χ0) is 20.6. The highest BCUT2D eigenvalue weighted by atomic mass is 19.4. The van der Waals surface area contributed by atoms with Crippen molar-refractivity contribution in [3.63, 3.8) is 0 Å². The van der Waals surface area contributed by atoms with E-state index in [0.717, 1.165) is 43.8 Å². The number of alkyl halides is 3. The maximum Gasteiger partial charge on any atom is 0.416 e. The normalized spacial score (nSPS) is 22.4. The van der Waals surface area contributed by atoms with Crippen LogP contribution < -0.4 is 9.64 Å². The maximum atomic E-state index is 13.3. The Bertz CT molecular complexity index is 924. The highest BCUT2D eigenvalue weighted by Crippen LogP contribution is 2.40. The molecule has 2 aromatic rings. The fourth-order valence-corrected chi connectivity index (χ4v) is 4.29. The number of ether oxygens (including phenoxy) is 1. The van der Waals surface area contributed by atoms with Gasteiger partial charge in [-0.25, -0.2) is 0 Å². The van der Waals surface area contributed by atoms with Gasteiger partial charge < -0.3 is 9.84 Å². The summed E-state index contributed by atoms with van der Waals surface area (Å²) in [5.41, 5.74) is -1.21. The Kier molecular flexibility index (Phi) is 5.02. The molecule has 0 aromatic heterocycles. The van der Waals surface area contributed by atoms with Gasteiger partial charge in [0, 0.05) is 12.0 Å². The summed E-state index contributed by atoms with van der Waals surface area (Å²) in [6.45, 7) is 1.09. The lowest BCUT2D eigenvalue weighted by atomic mass is 9.99. The minimum Gasteiger partial charge on any atom is -0.497 e. The highest BCUT2D eigenvalue weighted by Gasteiger charge is 2.54. The van der Waals surface area contributed by atoms with Crippen molar-refractivity contribution in [2.75, 3.05) is 25.1 Å². The third-order valence-electron chi connectivity index (χ3n) is 5.72. The summed E-state index contributed by atoms with van der Waals surface area (Å²) in [5.74, 6) is 1.53. The minimum atomic E-state index is -4.44. The molecule has 1 N–H and O–H groups in total. The van der Waals surface area contributed by atoms with Crippen LogP contribution >= 0.6 is 0 Å². The Labute approximate surface area is 167 Å². The Morgan fingerprint density at radius 1 is 1.07 bits per heavy atom. The number of aliphatic hydroxyl groups is 1. The second-order valence-electron chi connectivity index (χ2n) is 7.58. The van der Waals surface area contributed by atoms with Crippen molar-refractivity contribution >= 4 is 11.5 Å². The van der Waals surface area contributed by atoms with Crippen molar-refractivity contribution in [1.29, 1.82) is 0 Å². The summed E-state index contributed by atoms with van der Waals surface area (Å²) in [6, 6.07) is 12.3. The number of rotatable bonds is 3. The lowest BCUT2D eigenvalue weighted by Gasteiger charge is -2.29. The van der Waals surface area contributed by atoms with E-state index in [0.29, 0.717) is 30.0 Å². The van der Waals surface area contributed by atoms with E-state index >= 15 is 0 Å². The molecule has 0 fully saturated rings. The quantitative estimate of drug-likeness (QED) is 0.771. The number of nitrogens with zero attached hydrogens (tertiary/aromatic N) is 2. The van der Waals surface area contributed by atoms with Crippen LogP contribution in [-0.2, 0) is 11.9 Å². The number of anilines is 1. The van der Waals surface area contributed by atoms with Crippen molar-refractivity contribution in [3.8, 4) is 5.75 Å². The summed E-state index contributed by atoms with van der Waals surface area (Å²) >= 11 is 0. The Hall–Kier alpha value is -2.54. The van der Waals surface area contributed by atoms with Gasteiger partial charge in [0.1, 0.15) is 11.4 Å². The van der Waals surface area contributed by atoms with Crippen LogP contribution in [-0.4, -0.2) is 35.7 Å². The predicted octanol–water partition coefficient (Wildman–Crippen LogP) is 4.36. The molecule has 7 heteroatoms. The van der Waals surface area contributed by atoms with Crippen molar-refractivity contribution in [2.45, 2.75) is 37.6 Å². The molecular weight excluding hydrogens is 381 g/mol. The second-order valence-corrected chi connectivity index (χ2v) is 7.58. The van der Waals surface area contributed by atoms with Crippen LogP contribution in [0.5, 0.6) is 5.75 Å². The summed E-state index contributed by atoms with van der Waals surface area (Å²) in [4.78, 5) is 1.69. The van der Waals surface area contributed by atoms with E-state index < -0.39 is 17.5 Å². The van der Waals surface area contributed by atoms with Gasteiger partial charge >= 0.3 is 6.18 Å². The Morgan fingerprint density at radius 3 is 2.52 bits per heavy atom. The maximum absolute atomic E-state index is 13.3. The SMILES string of the molecule is COc1ccc([C@@]2(O)C[N+]3=C(CCCCC3)N2c2cccc(C(F)(F)F)c2)cc1. The van der Waals surface area contributed by atoms with Crippen LogP contribution in [0.3, 0.4) is 0 Å². The molecule has 0 spiro atoms. The third kappa shape index (κ3) is 3.59. The number of hydrogen-bond acceptors (Lipinski definition) is 3. The summed E-state index contributed by atoms with van der Waals surface area (Å²) in [5, 5.41) is 11.8. The van der Waals surface area contributed by atoms with E-state index in [-0.39, 0.29) is 0 Å². The summed E-state index contributed by atoms with van der Waals surface area (Å²) in [6.07, 6.45) is -0.716. The van der Waals surface area contributed by atoms with Crippen LogP contribution in [0.2, 0.25) is 0 Å². The summed E-state index contributed by atoms with van der Waals surface area (Å²) in [7, 11) is 1.56. The Morgan fingerprint density at radius 2 is 1.83 bits per heavy atom. The highest BCUT2D eigenvalue weighted by molar-refractivity contribution is 5.97. The van der Waals surface area contributed by atoms with Gasteiger partial charge in [0.05, 0.1) is 19.2 Å². The number of methoxy groups -OCH3 is 1. The van der Waals surface area contributed by atoms with Crippen LogP contribution in [0.25, 0.3) is 0 Å². The lowest BCUT2D eigenvalue weighted by Crippen LogP contribution is -2.47. The standard InChI is InChI=1S/C22H24F3N2O2/c1-29-19-11-9-16(10-12-19)21(28)15-26-13-4-2-3-8-20(26)27(21)18-7-5-6-17(14-18)22(23,24)25/h5-7,9-12,14,28H,2-4,8,13,15H2,1H3/q+1/t21-/m0/s1. The van der Waals surface area contributed by atoms with Crippen molar-refractivity contribution < 1.29 is 27.6 Å². The van der Waals surface area contributed by atoms with Crippen molar-refractivity contribution in [3.05, 3.63) is 59.7 Å². The number of hydrogen-bond donors (Lipinski definition) is 1. The topological polar surface area (TPSA) is 35.7 Å². The van der Waals surface area contributed by atoms with Crippen molar-refractivity contribution in [1.82, 2.24) is 0 Å². The van der Waals surface area contributed by atoms with E-state index in [1.54, 1.807) is 42.3 Å². The van der Waals surface area contributed by atoms with Gasteiger partial charge in [-0.05, 0) is 61.7 Å². The van der Waals surface area contributed by atoms with Gasteiger partial charge in [-0.3, -0.25) is 4.58 Å². The first-order chi connectivity index (χ1) is 13.8. The number of halogens is 3. The fourth-order valence-electron chi connectivity index (χ4n) is 4.29. The van der Waals surface area contributed by atoms with E-state index in [2.05, 4.69) is 4.58 Å².